The van der Waals surface area contributed by atoms with Crippen LogP contribution in [-0.4, -0.2) is 23.5 Å². The highest BCUT2D eigenvalue weighted by Gasteiger charge is 2.14. The van der Waals surface area contributed by atoms with Crippen LogP contribution in [0, 0.1) is 0 Å². The summed E-state index contributed by atoms with van der Waals surface area (Å²) in [7, 11) is 0. The maximum Gasteiger partial charge on any atom is 0.342 e. The van der Waals surface area contributed by atoms with Gasteiger partial charge in [0.05, 0.1) is 10.7 Å². The Morgan fingerprint density at radius 2 is 2.00 bits per heavy atom. The van der Waals surface area contributed by atoms with Crippen LogP contribution < -0.4 is 11.1 Å². The van der Waals surface area contributed by atoms with E-state index in [1.807, 2.05) is 0 Å². The molecule has 0 radical (unpaired) electrons. The Bertz CT molecular complexity index is 676. The fraction of sp³-hybridized carbons (Fsp3) is 0.0714. The number of nitrogens with one attached hydrogen (secondary N) is 1. The van der Waals surface area contributed by atoms with Crippen molar-refractivity contribution >= 4 is 35.0 Å². The molecule has 1 aromatic heterocycles. The Morgan fingerprint density at radius 3 is 2.71 bits per heavy atom. The third-order valence-electron chi connectivity index (χ3n) is 2.54. The van der Waals surface area contributed by atoms with E-state index in [2.05, 4.69) is 10.3 Å². The van der Waals surface area contributed by atoms with E-state index in [-0.39, 0.29) is 11.4 Å². The average Bonchev–Trinajstić information content (AvgIpc) is 2.48. The highest BCUT2D eigenvalue weighted by atomic mass is 35.5. The van der Waals surface area contributed by atoms with E-state index in [1.54, 1.807) is 30.3 Å². The Hall–Kier alpha value is -2.60. The number of carbonyl (C=O) groups excluding carboxylic acids is 2. The van der Waals surface area contributed by atoms with Gasteiger partial charge in [-0.2, -0.15) is 0 Å². The third-order valence-corrected chi connectivity index (χ3v) is 2.87. The summed E-state index contributed by atoms with van der Waals surface area (Å²) in [5, 5.41) is 2.93. The molecule has 7 heteroatoms. The van der Waals surface area contributed by atoms with E-state index in [9.17, 15) is 9.59 Å². The second-order valence-corrected chi connectivity index (χ2v) is 4.45. The minimum absolute atomic E-state index is 0.0500. The molecule has 108 valence electrons. The number of para-hydroxylation sites is 1. The summed E-state index contributed by atoms with van der Waals surface area (Å²) >= 11 is 5.90. The fourth-order valence-electron chi connectivity index (χ4n) is 1.55. The smallest absolute Gasteiger partial charge is 0.342 e. The van der Waals surface area contributed by atoms with Gasteiger partial charge in [-0.05, 0) is 24.3 Å². The zero-order chi connectivity index (χ0) is 15.2. The van der Waals surface area contributed by atoms with Crippen LogP contribution in [0.5, 0.6) is 0 Å². The number of carbonyl (C=O) groups is 2. The second-order valence-electron chi connectivity index (χ2n) is 4.04. The van der Waals surface area contributed by atoms with Gasteiger partial charge in [-0.25, -0.2) is 9.78 Å². The van der Waals surface area contributed by atoms with Crippen molar-refractivity contribution in [2.75, 3.05) is 17.7 Å². The summed E-state index contributed by atoms with van der Waals surface area (Å²) < 4.78 is 4.87. The lowest BCUT2D eigenvalue weighted by Gasteiger charge is -2.08. The van der Waals surface area contributed by atoms with Crippen molar-refractivity contribution in [1.29, 1.82) is 0 Å². The highest BCUT2D eigenvalue weighted by Crippen LogP contribution is 2.20. The van der Waals surface area contributed by atoms with Gasteiger partial charge >= 0.3 is 5.97 Å². The summed E-state index contributed by atoms with van der Waals surface area (Å²) in [4.78, 5) is 27.2. The molecule has 0 aliphatic rings. The topological polar surface area (TPSA) is 94.3 Å². The number of nitrogens with zero attached hydrogens (tertiary/aromatic N) is 1. The first-order chi connectivity index (χ1) is 10.1. The maximum absolute atomic E-state index is 11.7. The van der Waals surface area contributed by atoms with Crippen molar-refractivity contribution < 1.29 is 14.3 Å². The van der Waals surface area contributed by atoms with Gasteiger partial charge in [0.25, 0.3) is 5.91 Å². The van der Waals surface area contributed by atoms with Gasteiger partial charge in [0.15, 0.2) is 6.61 Å². The molecule has 2 aromatic rings. The molecule has 2 rings (SSSR count). The van der Waals surface area contributed by atoms with E-state index in [4.69, 9.17) is 22.1 Å². The summed E-state index contributed by atoms with van der Waals surface area (Å²) in [6, 6.07) is 9.76. The average molecular weight is 306 g/mol. The Labute approximate surface area is 125 Å². The summed E-state index contributed by atoms with van der Waals surface area (Å²) in [5.41, 5.74) is 6.10. The zero-order valence-electron chi connectivity index (χ0n) is 10.9. The standard InChI is InChI=1S/C14H12ClN3O3/c15-10-5-1-2-6-11(10)18-12(19)8-21-14(20)9-4-3-7-17-13(9)16/h1-7H,8H2,(H2,16,17)(H,18,19). The van der Waals surface area contributed by atoms with Gasteiger partial charge in [-0.3, -0.25) is 4.79 Å². The molecular formula is C14H12ClN3O3. The van der Waals surface area contributed by atoms with Crippen molar-refractivity contribution in [1.82, 2.24) is 4.98 Å². The van der Waals surface area contributed by atoms with Crippen LogP contribution in [0.2, 0.25) is 5.02 Å². The van der Waals surface area contributed by atoms with E-state index < -0.39 is 18.5 Å². The molecule has 1 amide bonds. The van der Waals surface area contributed by atoms with Crippen molar-refractivity contribution in [3.8, 4) is 0 Å². The van der Waals surface area contributed by atoms with Gasteiger partial charge < -0.3 is 15.8 Å². The highest BCUT2D eigenvalue weighted by molar-refractivity contribution is 6.33. The lowest BCUT2D eigenvalue weighted by molar-refractivity contribution is -0.119. The monoisotopic (exact) mass is 305 g/mol. The molecule has 0 unspecified atom stereocenters. The number of rotatable bonds is 4. The molecule has 1 heterocycles. The van der Waals surface area contributed by atoms with Crippen molar-refractivity contribution in [3.05, 3.63) is 53.2 Å². The molecule has 0 aliphatic heterocycles. The quantitative estimate of drug-likeness (QED) is 0.844. The molecule has 0 bridgehead atoms. The van der Waals surface area contributed by atoms with Crippen LogP contribution in [0.15, 0.2) is 42.6 Å². The minimum Gasteiger partial charge on any atom is -0.452 e. The molecule has 6 nitrogen and oxygen atoms in total. The first-order valence-corrected chi connectivity index (χ1v) is 6.37. The van der Waals surface area contributed by atoms with Crippen LogP contribution in [-0.2, 0) is 9.53 Å². The van der Waals surface area contributed by atoms with Crippen molar-refractivity contribution in [3.63, 3.8) is 0 Å². The Kier molecular flexibility index (Phi) is 4.73. The number of hydrogen-bond donors (Lipinski definition) is 2. The van der Waals surface area contributed by atoms with Crippen LogP contribution in [0.25, 0.3) is 0 Å². The Balaban J connectivity index is 1.91. The Morgan fingerprint density at radius 1 is 1.24 bits per heavy atom. The normalized spacial score (nSPS) is 9.95. The third kappa shape index (κ3) is 3.93. The second kappa shape index (κ2) is 6.71. The predicted molar refractivity (Wildman–Crippen MR) is 79.0 cm³/mol. The number of esters is 1. The molecule has 0 atom stereocenters. The van der Waals surface area contributed by atoms with Gasteiger partial charge in [0, 0.05) is 6.20 Å². The number of aromatic nitrogens is 1. The summed E-state index contributed by atoms with van der Waals surface area (Å²) in [6.07, 6.45) is 1.45. The number of anilines is 2. The van der Waals surface area contributed by atoms with Crippen LogP contribution in [0.3, 0.4) is 0 Å². The first-order valence-electron chi connectivity index (χ1n) is 6.00. The lowest BCUT2D eigenvalue weighted by Crippen LogP contribution is -2.21. The number of nitrogens with two attached hydrogens (primary N) is 1. The number of pyridine rings is 1. The summed E-state index contributed by atoms with van der Waals surface area (Å²) in [5.74, 6) is -1.16. The molecular weight excluding hydrogens is 294 g/mol. The number of ether oxygens (including phenoxy) is 1. The van der Waals surface area contributed by atoms with Gasteiger partial charge in [-0.1, -0.05) is 23.7 Å². The molecule has 21 heavy (non-hydrogen) atoms. The lowest BCUT2D eigenvalue weighted by atomic mass is 10.2. The SMILES string of the molecule is Nc1ncccc1C(=O)OCC(=O)Nc1ccccc1Cl. The van der Waals surface area contributed by atoms with E-state index in [0.29, 0.717) is 10.7 Å². The van der Waals surface area contributed by atoms with Gasteiger partial charge in [-0.15, -0.1) is 0 Å². The molecule has 1 aromatic carbocycles. The van der Waals surface area contributed by atoms with Crippen LogP contribution in [0.4, 0.5) is 11.5 Å². The van der Waals surface area contributed by atoms with E-state index in [1.165, 1.54) is 12.3 Å². The van der Waals surface area contributed by atoms with Crippen molar-refractivity contribution in [2.45, 2.75) is 0 Å². The molecule has 0 saturated heterocycles. The minimum atomic E-state index is -0.713. The van der Waals surface area contributed by atoms with Crippen molar-refractivity contribution in [2.24, 2.45) is 0 Å². The molecule has 0 aliphatic carbocycles. The summed E-state index contributed by atoms with van der Waals surface area (Å²) in [6.45, 7) is -0.446. The fourth-order valence-corrected chi connectivity index (χ4v) is 1.73. The zero-order valence-corrected chi connectivity index (χ0v) is 11.6. The van der Waals surface area contributed by atoms with Crippen LogP contribution in [0.1, 0.15) is 10.4 Å². The van der Waals surface area contributed by atoms with Gasteiger partial charge in [0.2, 0.25) is 0 Å². The van der Waals surface area contributed by atoms with Gasteiger partial charge in [0.1, 0.15) is 11.4 Å². The molecule has 3 N–H and O–H groups in total. The molecule has 0 fully saturated rings. The first kappa shape index (κ1) is 14.8. The molecule has 0 saturated carbocycles. The number of hydrogen-bond acceptors (Lipinski definition) is 5. The number of halogens is 1. The predicted octanol–water partition coefficient (Wildman–Crippen LogP) is 2.11. The van der Waals surface area contributed by atoms with E-state index in [0.717, 1.165) is 0 Å². The maximum atomic E-state index is 11.7. The number of benzene rings is 1. The van der Waals surface area contributed by atoms with Crippen LogP contribution >= 0.6 is 11.6 Å². The molecule has 0 spiro atoms. The largest absolute Gasteiger partial charge is 0.452 e. The number of nitrogen functional groups attached to an aromatic ring is 1. The number of amides is 1. The van der Waals surface area contributed by atoms with E-state index >= 15 is 0 Å².